The molecule has 1 aromatic rings. The zero-order valence-electron chi connectivity index (χ0n) is 12.3. The van der Waals surface area contributed by atoms with Crippen molar-refractivity contribution in [3.63, 3.8) is 0 Å². The Morgan fingerprint density at radius 1 is 1.53 bits per heavy atom. The molecule has 1 aromatic heterocycles. The maximum absolute atomic E-state index is 4.52. The minimum absolute atomic E-state index is 0.422. The molecule has 19 heavy (non-hydrogen) atoms. The van der Waals surface area contributed by atoms with Gasteiger partial charge in [-0.25, -0.2) is 0 Å². The first-order valence-corrected chi connectivity index (χ1v) is 8.35. The van der Waals surface area contributed by atoms with E-state index >= 15 is 0 Å². The van der Waals surface area contributed by atoms with Gasteiger partial charge in [-0.3, -0.25) is 4.68 Å². The van der Waals surface area contributed by atoms with Gasteiger partial charge < -0.3 is 5.32 Å². The largest absolute Gasteiger partial charge is 0.311 e. The molecule has 0 aliphatic heterocycles. The van der Waals surface area contributed by atoms with Gasteiger partial charge in [0.15, 0.2) is 0 Å². The molecule has 0 bridgehead atoms. The second-order valence-electron chi connectivity index (χ2n) is 5.90. The van der Waals surface area contributed by atoms with Crippen LogP contribution in [0.5, 0.6) is 0 Å². The summed E-state index contributed by atoms with van der Waals surface area (Å²) in [5.41, 5.74) is 1.34. The van der Waals surface area contributed by atoms with Crippen LogP contribution >= 0.6 is 15.9 Å². The van der Waals surface area contributed by atoms with Crippen LogP contribution in [0.2, 0.25) is 0 Å². The standard InChI is InChI=1S/C15H26BrN3/c1-4-8-19-15(13(16)10-18-19)14(17-3)12-7-5-6-11(2)9-12/h10-12,14,17H,4-9H2,1-3H3. The zero-order chi connectivity index (χ0) is 13.8. The minimum Gasteiger partial charge on any atom is -0.311 e. The molecule has 1 fully saturated rings. The molecule has 3 atom stereocenters. The first-order chi connectivity index (χ1) is 9.17. The molecule has 1 aliphatic rings. The summed E-state index contributed by atoms with van der Waals surface area (Å²) in [4.78, 5) is 0. The van der Waals surface area contributed by atoms with E-state index in [1.807, 2.05) is 6.20 Å². The van der Waals surface area contributed by atoms with Crippen LogP contribution in [0.3, 0.4) is 0 Å². The molecule has 1 heterocycles. The molecular weight excluding hydrogens is 302 g/mol. The van der Waals surface area contributed by atoms with Crippen molar-refractivity contribution in [2.45, 2.75) is 58.5 Å². The number of hydrogen-bond donors (Lipinski definition) is 1. The highest BCUT2D eigenvalue weighted by Crippen LogP contribution is 2.39. The summed E-state index contributed by atoms with van der Waals surface area (Å²) in [5, 5.41) is 8.06. The maximum Gasteiger partial charge on any atom is 0.0698 e. The lowest BCUT2D eigenvalue weighted by Crippen LogP contribution is -2.31. The van der Waals surface area contributed by atoms with Crippen molar-refractivity contribution in [1.29, 1.82) is 0 Å². The molecule has 0 spiro atoms. The van der Waals surface area contributed by atoms with Crippen molar-refractivity contribution in [2.75, 3.05) is 7.05 Å². The van der Waals surface area contributed by atoms with Crippen LogP contribution in [-0.4, -0.2) is 16.8 Å². The Bertz CT molecular complexity index is 402. The van der Waals surface area contributed by atoms with E-state index in [0.717, 1.165) is 29.3 Å². The Labute approximate surface area is 125 Å². The smallest absolute Gasteiger partial charge is 0.0698 e. The summed E-state index contributed by atoms with van der Waals surface area (Å²) >= 11 is 3.69. The molecule has 1 saturated carbocycles. The highest BCUT2D eigenvalue weighted by Gasteiger charge is 2.30. The van der Waals surface area contributed by atoms with Gasteiger partial charge in [0.1, 0.15) is 0 Å². The van der Waals surface area contributed by atoms with Crippen LogP contribution in [-0.2, 0) is 6.54 Å². The molecule has 0 amide bonds. The molecule has 2 rings (SSSR count). The molecule has 4 heteroatoms. The van der Waals surface area contributed by atoms with Crippen molar-refractivity contribution in [3.05, 3.63) is 16.4 Å². The van der Waals surface area contributed by atoms with E-state index < -0.39 is 0 Å². The number of aromatic nitrogens is 2. The van der Waals surface area contributed by atoms with Gasteiger partial charge in [0.2, 0.25) is 0 Å². The van der Waals surface area contributed by atoms with E-state index in [4.69, 9.17) is 0 Å². The second kappa shape index (κ2) is 6.89. The van der Waals surface area contributed by atoms with Crippen LogP contribution in [0, 0.1) is 11.8 Å². The van der Waals surface area contributed by atoms with E-state index in [0.29, 0.717) is 6.04 Å². The lowest BCUT2D eigenvalue weighted by molar-refractivity contribution is 0.222. The van der Waals surface area contributed by atoms with Crippen molar-refractivity contribution in [1.82, 2.24) is 15.1 Å². The number of aryl methyl sites for hydroxylation is 1. The molecule has 1 aliphatic carbocycles. The second-order valence-corrected chi connectivity index (χ2v) is 6.75. The molecule has 1 N–H and O–H groups in total. The molecule has 0 radical (unpaired) electrons. The fraction of sp³-hybridized carbons (Fsp3) is 0.800. The Hall–Kier alpha value is -0.350. The summed E-state index contributed by atoms with van der Waals surface area (Å²) in [6.45, 7) is 5.59. The SMILES string of the molecule is CCCn1ncc(Br)c1C(NC)C1CCCC(C)C1. The summed E-state index contributed by atoms with van der Waals surface area (Å²) in [5.74, 6) is 1.59. The van der Waals surface area contributed by atoms with Gasteiger partial charge in [0.25, 0.3) is 0 Å². The maximum atomic E-state index is 4.52. The Morgan fingerprint density at radius 3 is 2.95 bits per heavy atom. The van der Waals surface area contributed by atoms with E-state index in [9.17, 15) is 0 Å². The number of halogens is 1. The lowest BCUT2D eigenvalue weighted by atomic mass is 9.77. The van der Waals surface area contributed by atoms with Crippen LogP contribution in [0.15, 0.2) is 10.7 Å². The van der Waals surface area contributed by atoms with Crippen molar-refractivity contribution < 1.29 is 0 Å². The number of nitrogens with one attached hydrogen (secondary N) is 1. The average molecular weight is 328 g/mol. The van der Waals surface area contributed by atoms with E-state index in [-0.39, 0.29) is 0 Å². The molecule has 0 aromatic carbocycles. The van der Waals surface area contributed by atoms with Crippen molar-refractivity contribution in [2.24, 2.45) is 11.8 Å². The van der Waals surface area contributed by atoms with E-state index in [2.05, 4.69) is 51.9 Å². The third kappa shape index (κ3) is 3.40. The molecule has 108 valence electrons. The van der Waals surface area contributed by atoms with Crippen molar-refractivity contribution in [3.8, 4) is 0 Å². The van der Waals surface area contributed by atoms with Gasteiger partial charge in [-0.1, -0.05) is 26.7 Å². The fourth-order valence-electron chi connectivity index (χ4n) is 3.45. The van der Waals surface area contributed by atoms with Gasteiger partial charge in [0.05, 0.1) is 22.4 Å². The number of hydrogen-bond acceptors (Lipinski definition) is 2. The first-order valence-electron chi connectivity index (χ1n) is 7.55. The van der Waals surface area contributed by atoms with Crippen LogP contribution < -0.4 is 5.32 Å². The monoisotopic (exact) mass is 327 g/mol. The van der Waals surface area contributed by atoms with Gasteiger partial charge in [-0.15, -0.1) is 0 Å². The quantitative estimate of drug-likeness (QED) is 0.880. The van der Waals surface area contributed by atoms with Crippen LogP contribution in [0.25, 0.3) is 0 Å². The van der Waals surface area contributed by atoms with Crippen LogP contribution in [0.1, 0.15) is 57.7 Å². The fourth-order valence-corrected chi connectivity index (χ4v) is 3.99. The topological polar surface area (TPSA) is 29.9 Å². The predicted molar refractivity (Wildman–Crippen MR) is 83.1 cm³/mol. The third-order valence-corrected chi connectivity index (χ3v) is 4.93. The van der Waals surface area contributed by atoms with Gasteiger partial charge in [-0.2, -0.15) is 5.10 Å². The summed E-state index contributed by atoms with van der Waals surface area (Å²) < 4.78 is 3.32. The molecule has 3 unspecified atom stereocenters. The average Bonchev–Trinajstić information content (AvgIpc) is 2.74. The van der Waals surface area contributed by atoms with Gasteiger partial charge in [0, 0.05) is 6.54 Å². The number of nitrogens with zero attached hydrogens (tertiary/aromatic N) is 2. The Balaban J connectivity index is 2.23. The molecule has 0 saturated heterocycles. The third-order valence-electron chi connectivity index (χ3n) is 4.32. The zero-order valence-corrected chi connectivity index (χ0v) is 13.9. The molecule has 3 nitrogen and oxygen atoms in total. The number of rotatable bonds is 5. The lowest BCUT2D eigenvalue weighted by Gasteiger charge is -2.33. The van der Waals surface area contributed by atoms with E-state index in [1.54, 1.807) is 0 Å². The van der Waals surface area contributed by atoms with Gasteiger partial charge in [-0.05, 0) is 54.1 Å². The van der Waals surface area contributed by atoms with Crippen LogP contribution in [0.4, 0.5) is 0 Å². The minimum atomic E-state index is 0.422. The Kier molecular flexibility index (Phi) is 5.46. The summed E-state index contributed by atoms with van der Waals surface area (Å²) in [7, 11) is 2.08. The molecular formula is C15H26BrN3. The summed E-state index contributed by atoms with van der Waals surface area (Å²) in [6, 6.07) is 0.422. The van der Waals surface area contributed by atoms with E-state index in [1.165, 1.54) is 31.4 Å². The highest BCUT2D eigenvalue weighted by molar-refractivity contribution is 9.10. The Morgan fingerprint density at radius 2 is 2.32 bits per heavy atom. The highest BCUT2D eigenvalue weighted by atomic mass is 79.9. The first kappa shape index (κ1) is 15.0. The van der Waals surface area contributed by atoms with Crippen molar-refractivity contribution >= 4 is 15.9 Å². The summed E-state index contributed by atoms with van der Waals surface area (Å²) in [6.07, 6.45) is 8.49. The predicted octanol–water partition coefficient (Wildman–Crippen LogP) is 4.14. The van der Waals surface area contributed by atoms with Gasteiger partial charge >= 0.3 is 0 Å². The normalized spacial score (nSPS) is 25.5.